The van der Waals surface area contributed by atoms with E-state index in [1.165, 1.54) is 5.57 Å². The van der Waals surface area contributed by atoms with Gasteiger partial charge in [0.05, 0.1) is 11.4 Å². The van der Waals surface area contributed by atoms with Gasteiger partial charge in [-0.15, -0.1) is 0 Å². The summed E-state index contributed by atoms with van der Waals surface area (Å²) in [6, 6.07) is 26.0. The molecular weight excluding hydrogens is 661 g/mol. The summed E-state index contributed by atoms with van der Waals surface area (Å²) >= 11 is 0. The normalized spacial score (nSPS) is 20.7. The van der Waals surface area contributed by atoms with Crippen molar-refractivity contribution in [2.24, 2.45) is 10.9 Å². The fourth-order valence-electron chi connectivity index (χ4n) is 8.06. The van der Waals surface area contributed by atoms with Gasteiger partial charge < -0.3 is 13.6 Å². The quantitative estimate of drug-likeness (QED) is 0.179. The Kier molecular flexibility index (Phi) is 6.29. The molecule has 3 unspecified atom stereocenters. The van der Waals surface area contributed by atoms with Gasteiger partial charge in [0.1, 0.15) is 39.0 Å². The highest BCUT2D eigenvalue weighted by atomic mass is 16.5. The number of hydrogen-bond acceptors (Lipinski definition) is 9. The highest BCUT2D eigenvalue weighted by Gasteiger charge is 2.50. The third kappa shape index (κ3) is 4.50. The molecule has 0 fully saturated rings. The van der Waals surface area contributed by atoms with Crippen LogP contribution in [0.1, 0.15) is 31.7 Å². The maximum absolute atomic E-state index is 6.76. The second kappa shape index (κ2) is 11.1. The SMILES string of the molecule is CC1CC=C(c2ccc3oc4cccnc4c3n2)C=C1C1=CC=NC2(C)c3nc(-c4cccc(-c5ccnc6c5oc5cccnc56)c4)ccc3OC12. The zero-order valence-electron chi connectivity index (χ0n) is 28.8. The molecule has 9 heteroatoms. The highest BCUT2D eigenvalue weighted by Crippen LogP contribution is 2.50. The second-order valence-corrected chi connectivity index (χ2v) is 14.0. The maximum Gasteiger partial charge on any atom is 0.163 e. The zero-order valence-corrected chi connectivity index (χ0v) is 28.8. The van der Waals surface area contributed by atoms with Crippen LogP contribution in [0.25, 0.3) is 72.4 Å². The molecule has 0 amide bonds. The Morgan fingerprint density at radius 1 is 0.698 bits per heavy atom. The lowest BCUT2D eigenvalue weighted by Gasteiger charge is -2.34. The number of pyridine rings is 5. The Morgan fingerprint density at radius 2 is 1.47 bits per heavy atom. The van der Waals surface area contributed by atoms with Crippen molar-refractivity contribution in [3.8, 4) is 28.1 Å². The lowest BCUT2D eigenvalue weighted by Crippen LogP contribution is -2.39. The molecule has 3 atom stereocenters. The number of aromatic nitrogens is 5. The van der Waals surface area contributed by atoms with Crippen LogP contribution >= 0.6 is 0 Å². The molecular formula is C44H30N6O3. The number of rotatable bonds is 4. The lowest BCUT2D eigenvalue weighted by molar-refractivity contribution is 0.194. The molecule has 8 aromatic rings. The fraction of sp³-hybridized carbons (Fsp3) is 0.136. The molecule has 1 aliphatic carbocycles. The van der Waals surface area contributed by atoms with Gasteiger partial charge in [-0.25, -0.2) is 9.97 Å². The van der Waals surface area contributed by atoms with Crippen LogP contribution in [-0.2, 0) is 5.54 Å². The molecule has 7 aromatic heterocycles. The van der Waals surface area contributed by atoms with Crippen molar-refractivity contribution in [3.63, 3.8) is 0 Å². The number of benzene rings is 1. The number of hydrogen-bond donors (Lipinski definition) is 0. The summed E-state index contributed by atoms with van der Waals surface area (Å²) < 4.78 is 19.0. The molecule has 9 nitrogen and oxygen atoms in total. The van der Waals surface area contributed by atoms with E-state index in [2.05, 4.69) is 65.2 Å². The minimum absolute atomic E-state index is 0.279. The van der Waals surface area contributed by atoms with Gasteiger partial charge in [-0.3, -0.25) is 19.9 Å². The molecule has 0 saturated carbocycles. The number of dihydropyridines is 1. The largest absolute Gasteiger partial charge is 0.481 e. The molecule has 9 heterocycles. The first-order chi connectivity index (χ1) is 26.0. The Labute approximate surface area is 303 Å². The average Bonchev–Trinajstić information content (AvgIpc) is 3.87. The number of furan rings is 2. The van der Waals surface area contributed by atoms with Gasteiger partial charge in [0.2, 0.25) is 0 Å². The smallest absolute Gasteiger partial charge is 0.163 e. The summed E-state index contributed by atoms with van der Waals surface area (Å²) in [4.78, 5) is 28.9. The van der Waals surface area contributed by atoms with Crippen molar-refractivity contribution in [3.05, 3.63) is 138 Å². The van der Waals surface area contributed by atoms with Gasteiger partial charge >= 0.3 is 0 Å². The summed E-state index contributed by atoms with van der Waals surface area (Å²) in [5.41, 5.74) is 14.1. The number of nitrogens with zero attached hydrogens (tertiary/aromatic N) is 6. The minimum Gasteiger partial charge on any atom is -0.481 e. The summed E-state index contributed by atoms with van der Waals surface area (Å²) in [6.45, 7) is 4.39. The van der Waals surface area contributed by atoms with E-state index in [1.54, 1.807) is 18.6 Å². The van der Waals surface area contributed by atoms with Crippen LogP contribution in [0, 0.1) is 5.92 Å². The summed E-state index contributed by atoms with van der Waals surface area (Å²) in [6.07, 6.45) is 14.4. The van der Waals surface area contributed by atoms with Crippen LogP contribution in [0.4, 0.5) is 0 Å². The van der Waals surface area contributed by atoms with Crippen molar-refractivity contribution < 1.29 is 13.6 Å². The molecule has 2 aliphatic heterocycles. The van der Waals surface area contributed by atoms with Crippen LogP contribution in [0.15, 0.2) is 141 Å². The molecule has 254 valence electrons. The van der Waals surface area contributed by atoms with E-state index in [9.17, 15) is 0 Å². The summed E-state index contributed by atoms with van der Waals surface area (Å²) in [5.74, 6) is 1.03. The van der Waals surface area contributed by atoms with Crippen LogP contribution in [0.5, 0.6) is 5.75 Å². The number of aliphatic imine (C=N–C) groups is 1. The number of ether oxygens (including phenoxy) is 1. The standard InChI is InChI=1S/C44H30N6O3/c1-24-10-11-27(31-12-14-35-39(49-31)37-33(51-35)8-4-18-45-37)23-30(24)29-17-21-48-44(2)42-36(53-43(29)44)15-13-32(50-42)26-7-3-6-25(22-26)28-16-20-47-40-38-34(52-41(28)40)9-5-19-46-38/h3-9,11-24,43H,10H2,1-2H3. The first-order valence-electron chi connectivity index (χ1n) is 17.8. The van der Waals surface area contributed by atoms with Crippen molar-refractivity contribution >= 4 is 56.2 Å². The van der Waals surface area contributed by atoms with E-state index in [0.717, 1.165) is 90.3 Å². The average molecular weight is 691 g/mol. The van der Waals surface area contributed by atoms with Crippen molar-refractivity contribution in [2.45, 2.75) is 31.9 Å². The van der Waals surface area contributed by atoms with Crippen LogP contribution in [0.3, 0.4) is 0 Å². The van der Waals surface area contributed by atoms with Crippen molar-refractivity contribution in [1.82, 2.24) is 24.9 Å². The van der Waals surface area contributed by atoms with Crippen molar-refractivity contribution in [2.75, 3.05) is 0 Å². The Hall–Kier alpha value is -6.74. The van der Waals surface area contributed by atoms with E-state index in [0.29, 0.717) is 11.2 Å². The molecule has 3 aliphatic rings. The number of fused-ring (bicyclic) bond motifs is 9. The van der Waals surface area contributed by atoms with Crippen LogP contribution in [0.2, 0.25) is 0 Å². The van der Waals surface area contributed by atoms with E-state index in [1.807, 2.05) is 66.9 Å². The molecule has 0 bridgehead atoms. The third-order valence-electron chi connectivity index (χ3n) is 10.8. The lowest BCUT2D eigenvalue weighted by atomic mass is 9.77. The molecule has 53 heavy (non-hydrogen) atoms. The highest BCUT2D eigenvalue weighted by molar-refractivity contribution is 6.05. The third-order valence-corrected chi connectivity index (χ3v) is 10.8. The topological polar surface area (TPSA) is 112 Å². The summed E-state index contributed by atoms with van der Waals surface area (Å²) in [7, 11) is 0. The monoisotopic (exact) mass is 690 g/mol. The molecule has 1 aromatic carbocycles. The van der Waals surface area contributed by atoms with E-state index >= 15 is 0 Å². The second-order valence-electron chi connectivity index (χ2n) is 14.0. The molecule has 0 N–H and O–H groups in total. The summed E-state index contributed by atoms with van der Waals surface area (Å²) in [5, 5.41) is 0. The first kappa shape index (κ1) is 29.9. The Balaban J connectivity index is 0.932. The van der Waals surface area contributed by atoms with Gasteiger partial charge in [0, 0.05) is 41.5 Å². The Bertz CT molecular complexity index is 2970. The maximum atomic E-state index is 6.76. The predicted octanol–water partition coefficient (Wildman–Crippen LogP) is 9.83. The van der Waals surface area contributed by atoms with E-state index in [4.69, 9.17) is 28.5 Å². The zero-order chi connectivity index (χ0) is 35.3. The van der Waals surface area contributed by atoms with Gasteiger partial charge in [-0.1, -0.05) is 31.2 Å². The van der Waals surface area contributed by atoms with E-state index < -0.39 is 5.54 Å². The van der Waals surface area contributed by atoms with Crippen molar-refractivity contribution in [1.29, 1.82) is 0 Å². The van der Waals surface area contributed by atoms with Gasteiger partial charge in [-0.05, 0) is 109 Å². The van der Waals surface area contributed by atoms with Gasteiger partial charge in [-0.2, -0.15) is 0 Å². The van der Waals surface area contributed by atoms with Gasteiger partial charge in [0.15, 0.2) is 28.4 Å². The minimum atomic E-state index is -0.702. The van der Waals surface area contributed by atoms with Crippen LogP contribution < -0.4 is 4.74 Å². The molecule has 0 radical (unpaired) electrons. The molecule has 0 saturated heterocycles. The Morgan fingerprint density at radius 3 is 2.36 bits per heavy atom. The first-order valence-corrected chi connectivity index (χ1v) is 17.8. The predicted molar refractivity (Wildman–Crippen MR) is 205 cm³/mol. The van der Waals surface area contributed by atoms with E-state index in [-0.39, 0.29) is 12.0 Å². The number of allylic oxidation sites excluding steroid dienone is 4. The molecule has 0 spiro atoms. The van der Waals surface area contributed by atoms with Gasteiger partial charge in [0.25, 0.3) is 0 Å². The molecule has 11 rings (SSSR count). The van der Waals surface area contributed by atoms with Crippen LogP contribution in [-0.4, -0.2) is 37.2 Å². The fourth-order valence-corrected chi connectivity index (χ4v) is 8.06.